The largest absolute Gasteiger partial charge is 0.396 e. The lowest BCUT2D eigenvalue weighted by molar-refractivity contribution is 0.198. The van der Waals surface area contributed by atoms with Crippen LogP contribution >= 0.6 is 11.8 Å². The van der Waals surface area contributed by atoms with Gasteiger partial charge in [0.05, 0.1) is 5.69 Å². The van der Waals surface area contributed by atoms with Gasteiger partial charge in [-0.05, 0) is 57.7 Å². The van der Waals surface area contributed by atoms with Gasteiger partial charge in [0.25, 0.3) is 0 Å². The van der Waals surface area contributed by atoms with Crippen molar-refractivity contribution in [1.29, 1.82) is 0 Å². The number of hydrogen-bond acceptors (Lipinski definition) is 4. The van der Waals surface area contributed by atoms with Crippen LogP contribution in [0.25, 0.3) is 0 Å². The van der Waals surface area contributed by atoms with Crippen molar-refractivity contribution in [1.82, 2.24) is 9.88 Å². The Kier molecular flexibility index (Phi) is 14.9. The molecule has 128 valence electrons. The van der Waals surface area contributed by atoms with Crippen LogP contribution in [0.3, 0.4) is 0 Å². The molecule has 1 fully saturated rings. The van der Waals surface area contributed by atoms with Gasteiger partial charge in [-0.15, -0.1) is 0 Å². The lowest BCUT2D eigenvalue weighted by Crippen LogP contribution is -2.30. The summed E-state index contributed by atoms with van der Waals surface area (Å²) in [5.41, 5.74) is 1.16. The van der Waals surface area contributed by atoms with Gasteiger partial charge < -0.3 is 10.0 Å². The quantitative estimate of drug-likeness (QED) is 0.871. The number of thioether (sulfide) groups is 1. The molecule has 3 nitrogen and oxygen atoms in total. The van der Waals surface area contributed by atoms with Crippen molar-refractivity contribution in [3.05, 3.63) is 30.1 Å². The molecule has 1 aromatic heterocycles. The van der Waals surface area contributed by atoms with Crippen LogP contribution in [-0.4, -0.2) is 47.5 Å². The van der Waals surface area contributed by atoms with Crippen molar-refractivity contribution in [2.24, 2.45) is 0 Å². The second kappa shape index (κ2) is 15.3. The van der Waals surface area contributed by atoms with Gasteiger partial charge in [0.2, 0.25) is 0 Å². The summed E-state index contributed by atoms with van der Waals surface area (Å²) in [4.78, 5) is 6.67. The lowest BCUT2D eigenvalue weighted by Gasteiger charge is -2.25. The zero-order chi connectivity index (χ0) is 16.6. The number of nitrogens with zero attached hydrogens (tertiary/aromatic N) is 2. The van der Waals surface area contributed by atoms with E-state index in [4.69, 9.17) is 5.11 Å². The van der Waals surface area contributed by atoms with Gasteiger partial charge in [-0.1, -0.05) is 26.3 Å². The fraction of sp³-hybridized carbons (Fsp3) is 0.722. The van der Waals surface area contributed by atoms with Crippen LogP contribution in [0.2, 0.25) is 0 Å². The molecule has 2 heterocycles. The van der Waals surface area contributed by atoms with Gasteiger partial charge >= 0.3 is 0 Å². The summed E-state index contributed by atoms with van der Waals surface area (Å²) in [6, 6.07) is 6.02. The molecule has 0 aliphatic carbocycles. The van der Waals surface area contributed by atoms with E-state index in [0.717, 1.165) is 18.7 Å². The van der Waals surface area contributed by atoms with E-state index in [-0.39, 0.29) is 0 Å². The fourth-order valence-electron chi connectivity index (χ4n) is 2.21. The highest BCUT2D eigenvalue weighted by Gasteiger charge is 2.07. The third-order valence-electron chi connectivity index (χ3n) is 3.54. The van der Waals surface area contributed by atoms with Crippen LogP contribution < -0.4 is 0 Å². The second-order valence-electron chi connectivity index (χ2n) is 5.11. The third kappa shape index (κ3) is 10.2. The maximum atomic E-state index is 8.57. The summed E-state index contributed by atoms with van der Waals surface area (Å²) in [5.74, 6) is 0. The number of piperidine rings is 1. The molecular formula is C18H34N2OS. The molecule has 1 aromatic rings. The zero-order valence-electron chi connectivity index (χ0n) is 14.8. The monoisotopic (exact) mass is 326 g/mol. The van der Waals surface area contributed by atoms with E-state index < -0.39 is 0 Å². The number of aliphatic hydroxyl groups is 1. The first kappa shape index (κ1) is 21.4. The Hall–Kier alpha value is -0.580. The Bertz CT molecular complexity index is 329. The van der Waals surface area contributed by atoms with E-state index in [1.165, 1.54) is 32.4 Å². The maximum Gasteiger partial charge on any atom is 0.0530 e. The van der Waals surface area contributed by atoms with Crippen LogP contribution in [0.1, 0.15) is 57.4 Å². The molecule has 1 atom stereocenters. The molecule has 22 heavy (non-hydrogen) atoms. The summed E-state index contributed by atoms with van der Waals surface area (Å²) >= 11 is 1.82. The summed E-state index contributed by atoms with van der Waals surface area (Å²) in [7, 11) is 0. The molecule has 4 heteroatoms. The zero-order valence-corrected chi connectivity index (χ0v) is 15.6. The highest BCUT2D eigenvalue weighted by Crippen LogP contribution is 2.22. The highest BCUT2D eigenvalue weighted by molar-refractivity contribution is 7.98. The van der Waals surface area contributed by atoms with Crippen molar-refractivity contribution < 1.29 is 5.11 Å². The summed E-state index contributed by atoms with van der Waals surface area (Å²) in [5, 5.41) is 9.09. The number of hydrogen-bond donors (Lipinski definition) is 1. The minimum Gasteiger partial charge on any atom is -0.396 e. The Morgan fingerprint density at radius 2 is 1.91 bits per heavy atom. The molecule has 0 spiro atoms. The first-order chi connectivity index (χ1) is 10.8. The molecule has 0 radical (unpaired) electrons. The molecule has 1 N–H and O–H groups in total. The predicted octanol–water partition coefficient (Wildman–Crippen LogP) is 4.39. The van der Waals surface area contributed by atoms with E-state index in [9.17, 15) is 0 Å². The van der Waals surface area contributed by atoms with Crippen molar-refractivity contribution in [3.63, 3.8) is 0 Å². The minimum absolute atomic E-state index is 0.344. The van der Waals surface area contributed by atoms with Gasteiger partial charge in [0.1, 0.15) is 0 Å². The van der Waals surface area contributed by atoms with Crippen LogP contribution in [-0.2, 0) is 0 Å². The van der Waals surface area contributed by atoms with Gasteiger partial charge in [-0.3, -0.25) is 4.98 Å². The van der Waals surface area contributed by atoms with E-state index in [1.807, 2.05) is 43.9 Å². The average Bonchev–Trinajstić information content (AvgIpc) is 2.63. The molecule has 1 saturated heterocycles. The average molecular weight is 327 g/mol. The van der Waals surface area contributed by atoms with Crippen molar-refractivity contribution >= 4 is 11.8 Å². The molecule has 0 amide bonds. The fourth-order valence-corrected chi connectivity index (χ4v) is 2.60. The van der Waals surface area contributed by atoms with Crippen LogP contribution in [0.15, 0.2) is 24.4 Å². The second-order valence-corrected chi connectivity index (χ2v) is 6.29. The van der Waals surface area contributed by atoms with E-state index in [2.05, 4.69) is 29.1 Å². The van der Waals surface area contributed by atoms with Gasteiger partial charge in [-0.2, -0.15) is 11.8 Å². The first-order valence-electron chi connectivity index (χ1n) is 8.55. The number of rotatable bonds is 5. The maximum absolute atomic E-state index is 8.57. The predicted molar refractivity (Wildman–Crippen MR) is 99.5 cm³/mol. The van der Waals surface area contributed by atoms with Gasteiger partial charge in [0.15, 0.2) is 0 Å². The number of pyridine rings is 1. The van der Waals surface area contributed by atoms with Crippen LogP contribution in [0.4, 0.5) is 0 Å². The van der Waals surface area contributed by atoms with Crippen LogP contribution in [0.5, 0.6) is 0 Å². The van der Waals surface area contributed by atoms with Crippen molar-refractivity contribution in [2.75, 3.05) is 32.5 Å². The molecule has 0 bridgehead atoms. The molecule has 2 rings (SSSR count). The van der Waals surface area contributed by atoms with Crippen molar-refractivity contribution in [2.45, 2.75) is 51.7 Å². The number of aliphatic hydroxyl groups excluding tert-OH is 1. The number of aromatic nitrogens is 1. The van der Waals surface area contributed by atoms with Crippen molar-refractivity contribution in [3.8, 4) is 0 Å². The molecule has 0 aromatic carbocycles. The highest BCUT2D eigenvalue weighted by atomic mass is 32.2. The Labute approximate surface area is 141 Å². The summed E-state index contributed by atoms with van der Waals surface area (Å²) in [6.07, 6.45) is 8.98. The summed E-state index contributed by atoms with van der Waals surface area (Å²) in [6.45, 7) is 10.1. The van der Waals surface area contributed by atoms with E-state index in [0.29, 0.717) is 11.9 Å². The van der Waals surface area contributed by atoms with Gasteiger partial charge in [0, 0.05) is 24.6 Å². The topological polar surface area (TPSA) is 36.4 Å². The molecule has 1 aliphatic heterocycles. The Morgan fingerprint density at radius 1 is 1.23 bits per heavy atom. The normalized spacial score (nSPS) is 15.9. The summed E-state index contributed by atoms with van der Waals surface area (Å²) < 4.78 is 0. The standard InChI is InChI=1S/C8H17NO.C8H11NS.C2H6/c10-8-4-7-9-5-2-1-3-6-9;1-7(10-2)8-5-3-4-6-9-8;1-2/h10H,1-8H2;3-7H,1-2H3;1-2H3. The third-order valence-corrected chi connectivity index (χ3v) is 4.49. The van der Waals surface area contributed by atoms with E-state index >= 15 is 0 Å². The van der Waals surface area contributed by atoms with Crippen LogP contribution in [0, 0.1) is 0 Å². The minimum atomic E-state index is 0.344. The molecule has 1 unspecified atom stereocenters. The Balaban J connectivity index is 0.000000360. The lowest BCUT2D eigenvalue weighted by atomic mass is 10.1. The SMILES string of the molecule is CC.CSC(C)c1ccccn1.OCCCN1CCCCC1. The first-order valence-corrected chi connectivity index (χ1v) is 9.83. The number of likely N-dealkylation sites (tertiary alicyclic amines) is 1. The smallest absolute Gasteiger partial charge is 0.0530 e. The molecule has 1 aliphatic rings. The van der Waals surface area contributed by atoms with Gasteiger partial charge in [-0.25, -0.2) is 0 Å². The molecular weight excluding hydrogens is 292 g/mol. The Morgan fingerprint density at radius 3 is 2.41 bits per heavy atom. The molecule has 0 saturated carbocycles. The van der Waals surface area contributed by atoms with E-state index in [1.54, 1.807) is 0 Å².